The maximum Gasteiger partial charge on any atom is 0.165 e. The summed E-state index contributed by atoms with van der Waals surface area (Å²) in [5.74, 6) is -0.523. The van der Waals surface area contributed by atoms with E-state index < -0.39 is 17.8 Å². The monoisotopic (exact) mass is 500 g/mol. The molecule has 36 heavy (non-hydrogen) atoms. The maximum absolute atomic E-state index is 14.9. The predicted octanol–water partition coefficient (Wildman–Crippen LogP) is 8.42. The van der Waals surface area contributed by atoms with Gasteiger partial charge in [0.05, 0.1) is 6.61 Å². The quantitative estimate of drug-likeness (QED) is 0.275. The molecule has 0 aliphatic heterocycles. The first kappa shape index (κ1) is 26.1. The van der Waals surface area contributed by atoms with Gasteiger partial charge >= 0.3 is 0 Å². The number of hydrogen-bond acceptors (Lipinski definition) is 2. The molecule has 0 aromatic heterocycles. The van der Waals surface area contributed by atoms with Crippen molar-refractivity contribution >= 4 is 0 Å². The second-order valence-corrected chi connectivity index (χ2v) is 9.65. The normalized spacial score (nSPS) is 18.6. The summed E-state index contributed by atoms with van der Waals surface area (Å²) < 4.78 is 68.5. The average Bonchev–Trinajstić information content (AvgIpc) is 2.85. The Morgan fingerprint density at radius 3 is 2.03 bits per heavy atom. The highest BCUT2D eigenvalue weighted by Gasteiger charge is 2.22. The average molecular weight is 501 g/mol. The van der Waals surface area contributed by atoms with Crippen LogP contribution in [0.2, 0.25) is 0 Å². The molecule has 4 rings (SSSR count). The standard InChI is InChI=1S/C30H32F4O2/c1-3-35-29-12-6-20(15-27(29)33)14-24(31)18-36-30-13-10-23(17-28(30)34)22-9-11-25(26(32)16-22)21-7-4-19(2)5-8-21/h6,9-13,15-17,19,21,24H,3-5,7-8,14,18H2,1-2H3. The van der Waals surface area contributed by atoms with Crippen molar-refractivity contribution in [3.63, 3.8) is 0 Å². The van der Waals surface area contributed by atoms with E-state index in [1.807, 2.05) is 12.1 Å². The third kappa shape index (κ3) is 6.40. The first-order valence-corrected chi connectivity index (χ1v) is 12.6. The van der Waals surface area contributed by atoms with Crippen LogP contribution in [-0.2, 0) is 6.42 Å². The van der Waals surface area contributed by atoms with Crippen molar-refractivity contribution in [1.29, 1.82) is 0 Å². The molecule has 1 aliphatic rings. The Kier molecular flexibility index (Phi) is 8.55. The molecule has 6 heteroatoms. The van der Waals surface area contributed by atoms with Crippen LogP contribution in [0.15, 0.2) is 54.6 Å². The number of hydrogen-bond donors (Lipinski definition) is 0. The van der Waals surface area contributed by atoms with Crippen LogP contribution in [0.25, 0.3) is 11.1 Å². The van der Waals surface area contributed by atoms with Gasteiger partial charge in [-0.3, -0.25) is 0 Å². The molecule has 0 bridgehead atoms. The lowest BCUT2D eigenvalue weighted by Crippen LogP contribution is -2.16. The molecule has 0 N–H and O–H groups in total. The zero-order valence-electron chi connectivity index (χ0n) is 20.7. The van der Waals surface area contributed by atoms with E-state index in [0.29, 0.717) is 29.2 Å². The van der Waals surface area contributed by atoms with Crippen LogP contribution in [0.4, 0.5) is 17.6 Å². The van der Waals surface area contributed by atoms with Gasteiger partial charge in [-0.2, -0.15) is 0 Å². The lowest BCUT2D eigenvalue weighted by atomic mass is 9.79. The third-order valence-electron chi connectivity index (χ3n) is 6.89. The highest BCUT2D eigenvalue weighted by atomic mass is 19.1. The number of halogens is 4. The summed E-state index contributed by atoms with van der Waals surface area (Å²) in [6.45, 7) is 3.93. The summed E-state index contributed by atoms with van der Waals surface area (Å²) in [5.41, 5.74) is 2.28. The lowest BCUT2D eigenvalue weighted by Gasteiger charge is -2.26. The number of ether oxygens (including phenoxy) is 2. The van der Waals surface area contributed by atoms with Gasteiger partial charge in [0.2, 0.25) is 0 Å². The fraction of sp³-hybridized carbons (Fsp3) is 0.400. The molecule has 1 atom stereocenters. The van der Waals surface area contributed by atoms with E-state index in [1.165, 1.54) is 30.3 Å². The van der Waals surface area contributed by atoms with Crippen LogP contribution >= 0.6 is 0 Å². The molecule has 0 spiro atoms. The minimum atomic E-state index is -1.45. The topological polar surface area (TPSA) is 18.5 Å². The van der Waals surface area contributed by atoms with Crippen LogP contribution < -0.4 is 9.47 Å². The van der Waals surface area contributed by atoms with Crippen molar-refractivity contribution in [3.8, 4) is 22.6 Å². The number of alkyl halides is 1. The summed E-state index contributed by atoms with van der Waals surface area (Å²) in [7, 11) is 0. The van der Waals surface area contributed by atoms with Gasteiger partial charge in [0.1, 0.15) is 18.6 Å². The molecule has 1 unspecified atom stereocenters. The molecule has 2 nitrogen and oxygen atoms in total. The predicted molar refractivity (Wildman–Crippen MR) is 134 cm³/mol. The van der Waals surface area contributed by atoms with E-state index in [1.54, 1.807) is 19.1 Å². The summed E-state index contributed by atoms with van der Waals surface area (Å²) in [6, 6.07) is 13.7. The molecule has 1 saturated carbocycles. The van der Waals surface area contributed by atoms with Crippen LogP contribution in [0, 0.1) is 23.4 Å². The van der Waals surface area contributed by atoms with Gasteiger partial charge in [-0.1, -0.05) is 44.0 Å². The second-order valence-electron chi connectivity index (χ2n) is 9.65. The molecule has 3 aromatic carbocycles. The van der Waals surface area contributed by atoms with Crippen molar-refractivity contribution in [2.45, 2.75) is 58.0 Å². The highest BCUT2D eigenvalue weighted by molar-refractivity contribution is 5.65. The zero-order chi connectivity index (χ0) is 25.7. The Hall–Kier alpha value is -3.02. The van der Waals surface area contributed by atoms with Gasteiger partial charge < -0.3 is 9.47 Å². The van der Waals surface area contributed by atoms with Crippen LogP contribution in [0.5, 0.6) is 11.5 Å². The number of rotatable bonds is 9. The van der Waals surface area contributed by atoms with Gasteiger partial charge in [-0.15, -0.1) is 0 Å². The van der Waals surface area contributed by atoms with Gasteiger partial charge in [0.15, 0.2) is 23.1 Å². The summed E-state index contributed by atoms with van der Waals surface area (Å²) in [6.07, 6.45) is 2.66. The molecular formula is C30H32F4O2. The molecule has 192 valence electrons. The Bertz CT molecular complexity index is 1170. The fourth-order valence-electron chi connectivity index (χ4n) is 4.85. The Morgan fingerprint density at radius 1 is 0.778 bits per heavy atom. The minimum absolute atomic E-state index is 0.0748. The van der Waals surface area contributed by atoms with Crippen molar-refractivity contribution in [2.24, 2.45) is 5.92 Å². The van der Waals surface area contributed by atoms with Gasteiger partial charge in [0.25, 0.3) is 0 Å². The third-order valence-corrected chi connectivity index (χ3v) is 6.89. The first-order chi connectivity index (χ1) is 17.3. The van der Waals surface area contributed by atoms with E-state index in [-0.39, 0.29) is 36.3 Å². The van der Waals surface area contributed by atoms with Crippen LogP contribution in [0.3, 0.4) is 0 Å². The van der Waals surface area contributed by atoms with Crippen molar-refractivity contribution in [3.05, 3.63) is 83.2 Å². The second kappa shape index (κ2) is 11.8. The highest BCUT2D eigenvalue weighted by Crippen LogP contribution is 2.38. The van der Waals surface area contributed by atoms with E-state index in [0.717, 1.165) is 31.2 Å². The zero-order valence-corrected chi connectivity index (χ0v) is 20.7. The van der Waals surface area contributed by atoms with Gasteiger partial charge in [-0.25, -0.2) is 17.6 Å². The Balaban J connectivity index is 1.36. The van der Waals surface area contributed by atoms with E-state index >= 15 is 0 Å². The molecule has 3 aromatic rings. The van der Waals surface area contributed by atoms with E-state index in [9.17, 15) is 17.6 Å². The minimum Gasteiger partial charge on any atom is -0.491 e. The maximum atomic E-state index is 14.9. The summed E-state index contributed by atoms with van der Waals surface area (Å²) >= 11 is 0. The molecule has 1 fully saturated rings. The molecule has 0 heterocycles. The van der Waals surface area contributed by atoms with Crippen molar-refractivity contribution < 1.29 is 27.0 Å². The largest absolute Gasteiger partial charge is 0.491 e. The Morgan fingerprint density at radius 2 is 1.39 bits per heavy atom. The van der Waals surface area contributed by atoms with Crippen LogP contribution in [-0.4, -0.2) is 19.4 Å². The molecule has 0 amide bonds. The molecular weight excluding hydrogens is 468 g/mol. The molecule has 0 radical (unpaired) electrons. The first-order valence-electron chi connectivity index (χ1n) is 12.6. The van der Waals surface area contributed by atoms with Gasteiger partial charge in [0, 0.05) is 6.42 Å². The van der Waals surface area contributed by atoms with E-state index in [4.69, 9.17) is 9.47 Å². The summed E-state index contributed by atoms with van der Waals surface area (Å²) in [5, 5.41) is 0. The van der Waals surface area contributed by atoms with E-state index in [2.05, 4.69) is 6.92 Å². The molecule has 0 saturated heterocycles. The fourth-order valence-corrected chi connectivity index (χ4v) is 4.85. The van der Waals surface area contributed by atoms with Crippen LogP contribution in [0.1, 0.15) is 56.6 Å². The van der Waals surface area contributed by atoms with Gasteiger partial charge in [-0.05, 0) is 84.2 Å². The van der Waals surface area contributed by atoms with Crippen molar-refractivity contribution in [1.82, 2.24) is 0 Å². The lowest BCUT2D eigenvalue weighted by molar-refractivity contribution is 0.189. The van der Waals surface area contributed by atoms with Crippen molar-refractivity contribution in [2.75, 3.05) is 13.2 Å². The number of benzene rings is 3. The SMILES string of the molecule is CCOc1ccc(CC(F)COc2ccc(-c3ccc(C4CCC(C)CC4)c(F)c3)cc2F)cc1F. The summed E-state index contributed by atoms with van der Waals surface area (Å²) in [4.78, 5) is 0. The Labute approximate surface area is 210 Å². The molecule has 1 aliphatic carbocycles. The smallest absolute Gasteiger partial charge is 0.165 e.